The second-order valence-corrected chi connectivity index (χ2v) is 8.70. The SMILES string of the molecule is CCN(CC)CCNC(=O)c1ccc2nnc([C@@H]3CN(Cc4ccccc4)CCN3C)n2c1. The van der Waals surface area contributed by atoms with Gasteiger partial charge < -0.3 is 10.2 Å². The second kappa shape index (κ2) is 10.9. The Bertz CT molecular complexity index is 1050. The number of benzene rings is 1. The summed E-state index contributed by atoms with van der Waals surface area (Å²) in [5.41, 5.74) is 2.71. The van der Waals surface area contributed by atoms with Gasteiger partial charge in [0.1, 0.15) is 0 Å². The standard InChI is InChI=1S/C25H35N7O/c1-4-30(5-2)14-13-26-25(33)21-11-12-23-27-28-24(32(23)18-21)22-19-31(16-15-29(22)3)17-20-9-7-6-8-10-20/h6-12,18,22H,4-5,13-17,19H2,1-3H3,(H,26,33)/t22-/m0/s1. The van der Waals surface area contributed by atoms with Gasteiger partial charge in [0.2, 0.25) is 0 Å². The van der Waals surface area contributed by atoms with Crippen molar-refractivity contribution in [1.82, 2.24) is 34.6 Å². The highest BCUT2D eigenvalue weighted by Gasteiger charge is 2.29. The number of nitrogens with one attached hydrogen (secondary N) is 1. The van der Waals surface area contributed by atoms with E-state index >= 15 is 0 Å². The number of hydrogen-bond donors (Lipinski definition) is 1. The van der Waals surface area contributed by atoms with Gasteiger partial charge in [-0.3, -0.25) is 19.0 Å². The fraction of sp³-hybridized carbons (Fsp3) is 0.480. The van der Waals surface area contributed by atoms with Gasteiger partial charge in [0.05, 0.1) is 11.6 Å². The van der Waals surface area contributed by atoms with Crippen LogP contribution >= 0.6 is 0 Å². The van der Waals surface area contributed by atoms with Gasteiger partial charge in [-0.05, 0) is 37.8 Å². The van der Waals surface area contributed by atoms with Crippen LogP contribution in [0.3, 0.4) is 0 Å². The first kappa shape index (κ1) is 23.4. The lowest BCUT2D eigenvalue weighted by Crippen LogP contribution is -2.46. The van der Waals surface area contributed by atoms with Gasteiger partial charge in [-0.25, -0.2) is 0 Å². The summed E-state index contributed by atoms with van der Waals surface area (Å²) in [6.07, 6.45) is 1.88. The maximum absolute atomic E-state index is 12.8. The Balaban J connectivity index is 1.48. The van der Waals surface area contributed by atoms with Crippen molar-refractivity contribution in [1.29, 1.82) is 0 Å². The van der Waals surface area contributed by atoms with Gasteiger partial charge in [0.25, 0.3) is 5.91 Å². The van der Waals surface area contributed by atoms with Crippen molar-refractivity contribution >= 4 is 11.6 Å². The number of likely N-dealkylation sites (N-methyl/N-ethyl adjacent to an activating group) is 2. The van der Waals surface area contributed by atoms with Gasteiger partial charge in [-0.2, -0.15) is 0 Å². The molecule has 0 radical (unpaired) electrons. The van der Waals surface area contributed by atoms with Crippen LogP contribution in [0.25, 0.3) is 5.65 Å². The molecule has 0 spiro atoms. The lowest BCUT2D eigenvalue weighted by Gasteiger charge is -2.38. The van der Waals surface area contributed by atoms with E-state index in [-0.39, 0.29) is 11.9 Å². The van der Waals surface area contributed by atoms with Crippen LogP contribution < -0.4 is 5.32 Å². The third-order valence-corrected chi connectivity index (χ3v) is 6.58. The minimum Gasteiger partial charge on any atom is -0.351 e. The zero-order chi connectivity index (χ0) is 23.2. The van der Waals surface area contributed by atoms with Gasteiger partial charge in [-0.1, -0.05) is 44.2 Å². The van der Waals surface area contributed by atoms with E-state index in [0.29, 0.717) is 12.1 Å². The highest BCUT2D eigenvalue weighted by molar-refractivity contribution is 5.94. The summed E-state index contributed by atoms with van der Waals surface area (Å²) in [6, 6.07) is 14.4. The molecule has 33 heavy (non-hydrogen) atoms. The Labute approximate surface area is 196 Å². The number of piperazine rings is 1. The summed E-state index contributed by atoms with van der Waals surface area (Å²) < 4.78 is 1.98. The van der Waals surface area contributed by atoms with Crippen LogP contribution in [-0.4, -0.2) is 88.1 Å². The summed E-state index contributed by atoms with van der Waals surface area (Å²) >= 11 is 0. The molecule has 1 saturated heterocycles. The predicted molar refractivity (Wildman–Crippen MR) is 130 cm³/mol. The van der Waals surface area contributed by atoms with Crippen molar-refractivity contribution in [2.24, 2.45) is 0 Å². The van der Waals surface area contributed by atoms with E-state index in [0.717, 1.165) is 57.3 Å². The molecule has 176 valence electrons. The van der Waals surface area contributed by atoms with Gasteiger partial charge in [0, 0.05) is 45.5 Å². The van der Waals surface area contributed by atoms with Crippen molar-refractivity contribution in [2.75, 3.05) is 52.9 Å². The molecule has 1 N–H and O–H groups in total. The summed E-state index contributed by atoms with van der Waals surface area (Å²) in [5, 5.41) is 11.9. The van der Waals surface area contributed by atoms with E-state index in [2.05, 4.69) is 81.4 Å². The molecule has 1 atom stereocenters. The first-order valence-electron chi connectivity index (χ1n) is 11.9. The third-order valence-electron chi connectivity index (χ3n) is 6.58. The monoisotopic (exact) mass is 449 g/mol. The maximum Gasteiger partial charge on any atom is 0.252 e. The Morgan fingerprint density at radius 3 is 2.64 bits per heavy atom. The van der Waals surface area contributed by atoms with Crippen molar-refractivity contribution in [3.05, 3.63) is 65.6 Å². The number of pyridine rings is 1. The fourth-order valence-electron chi connectivity index (χ4n) is 4.43. The molecule has 0 unspecified atom stereocenters. The molecule has 1 aliphatic rings. The molecule has 1 fully saturated rings. The molecule has 2 aromatic heterocycles. The first-order valence-corrected chi connectivity index (χ1v) is 11.9. The quantitative estimate of drug-likeness (QED) is 0.541. The van der Waals surface area contributed by atoms with Crippen LogP contribution in [0.1, 0.15) is 41.6 Å². The predicted octanol–water partition coefficient (Wildman–Crippen LogP) is 2.29. The average molecular weight is 450 g/mol. The lowest BCUT2D eigenvalue weighted by atomic mass is 10.1. The molecular weight excluding hydrogens is 414 g/mol. The summed E-state index contributed by atoms with van der Waals surface area (Å²) in [7, 11) is 2.13. The van der Waals surface area contributed by atoms with E-state index in [4.69, 9.17) is 0 Å². The number of amides is 1. The molecule has 1 amide bonds. The summed E-state index contributed by atoms with van der Waals surface area (Å²) in [5.74, 6) is 0.814. The molecule has 0 saturated carbocycles. The Morgan fingerprint density at radius 1 is 1.09 bits per heavy atom. The third kappa shape index (κ3) is 5.58. The number of nitrogens with zero attached hydrogens (tertiary/aromatic N) is 6. The van der Waals surface area contributed by atoms with Crippen LogP contribution in [0.5, 0.6) is 0 Å². The molecule has 8 heteroatoms. The zero-order valence-corrected chi connectivity index (χ0v) is 19.9. The smallest absolute Gasteiger partial charge is 0.252 e. The topological polar surface area (TPSA) is 69.0 Å². The molecule has 0 bridgehead atoms. The highest BCUT2D eigenvalue weighted by atomic mass is 16.1. The van der Waals surface area contributed by atoms with Crippen molar-refractivity contribution in [2.45, 2.75) is 26.4 Å². The van der Waals surface area contributed by atoms with Gasteiger partial charge in [0.15, 0.2) is 11.5 Å². The number of fused-ring (bicyclic) bond motifs is 1. The summed E-state index contributed by atoms with van der Waals surface area (Å²) in [6.45, 7) is 11.5. The number of aromatic nitrogens is 3. The lowest BCUT2D eigenvalue weighted by molar-refractivity contribution is 0.0852. The van der Waals surface area contributed by atoms with E-state index in [9.17, 15) is 4.79 Å². The molecule has 0 aliphatic carbocycles. The zero-order valence-electron chi connectivity index (χ0n) is 19.9. The van der Waals surface area contributed by atoms with Crippen molar-refractivity contribution in [3.63, 3.8) is 0 Å². The van der Waals surface area contributed by atoms with E-state index in [1.807, 2.05) is 22.7 Å². The van der Waals surface area contributed by atoms with Crippen LogP contribution in [0, 0.1) is 0 Å². The van der Waals surface area contributed by atoms with Gasteiger partial charge in [-0.15, -0.1) is 10.2 Å². The molecule has 1 aliphatic heterocycles. The van der Waals surface area contributed by atoms with Crippen LogP contribution in [0.15, 0.2) is 48.7 Å². The Morgan fingerprint density at radius 2 is 1.88 bits per heavy atom. The largest absolute Gasteiger partial charge is 0.351 e. The Hall–Kier alpha value is -2.81. The number of carbonyl (C=O) groups is 1. The first-order chi connectivity index (χ1) is 16.1. The van der Waals surface area contributed by atoms with Crippen LogP contribution in [-0.2, 0) is 6.54 Å². The maximum atomic E-state index is 12.8. The molecule has 1 aromatic carbocycles. The van der Waals surface area contributed by atoms with E-state index in [1.54, 1.807) is 0 Å². The average Bonchev–Trinajstić information content (AvgIpc) is 3.26. The normalized spacial score (nSPS) is 17.6. The minimum absolute atomic E-state index is 0.0635. The summed E-state index contributed by atoms with van der Waals surface area (Å²) in [4.78, 5) is 19.9. The second-order valence-electron chi connectivity index (χ2n) is 8.70. The van der Waals surface area contributed by atoms with E-state index in [1.165, 1.54) is 5.56 Å². The van der Waals surface area contributed by atoms with E-state index < -0.39 is 0 Å². The fourth-order valence-corrected chi connectivity index (χ4v) is 4.43. The van der Waals surface area contributed by atoms with Crippen molar-refractivity contribution in [3.8, 4) is 0 Å². The molecule has 8 nitrogen and oxygen atoms in total. The molecular formula is C25H35N7O. The van der Waals surface area contributed by atoms with Gasteiger partial charge >= 0.3 is 0 Å². The molecule has 3 heterocycles. The van der Waals surface area contributed by atoms with Crippen LogP contribution in [0.2, 0.25) is 0 Å². The number of carbonyl (C=O) groups excluding carboxylic acids is 1. The Kier molecular flexibility index (Phi) is 7.69. The molecule has 4 rings (SSSR count). The van der Waals surface area contributed by atoms with Crippen LogP contribution in [0.4, 0.5) is 0 Å². The minimum atomic E-state index is -0.0635. The number of hydrogen-bond acceptors (Lipinski definition) is 6. The highest BCUT2D eigenvalue weighted by Crippen LogP contribution is 2.24. The number of rotatable bonds is 9. The molecule has 3 aromatic rings. The van der Waals surface area contributed by atoms with Crippen molar-refractivity contribution < 1.29 is 4.79 Å².